The van der Waals surface area contributed by atoms with Gasteiger partial charge in [0.2, 0.25) is 0 Å². The first-order valence-electron chi connectivity index (χ1n) is 5.43. The van der Waals surface area contributed by atoms with Crippen molar-refractivity contribution in [3.8, 4) is 0 Å². The van der Waals surface area contributed by atoms with Gasteiger partial charge in [0.25, 0.3) is 11.4 Å². The molecule has 7 nitrogen and oxygen atoms in total. The molecule has 20 heavy (non-hydrogen) atoms. The first-order chi connectivity index (χ1) is 9.49. The minimum atomic E-state index is -0.608. The van der Waals surface area contributed by atoms with Gasteiger partial charge in [-0.15, -0.1) is 0 Å². The summed E-state index contributed by atoms with van der Waals surface area (Å²) in [6, 6.07) is 9.93. The second kappa shape index (κ2) is 5.54. The Morgan fingerprint density at radius 3 is 2.15 bits per heavy atom. The summed E-state index contributed by atoms with van der Waals surface area (Å²) in [6.45, 7) is 0. The van der Waals surface area contributed by atoms with E-state index in [0.29, 0.717) is 0 Å². The molecule has 0 bridgehead atoms. The number of benzene rings is 2. The van der Waals surface area contributed by atoms with Crippen molar-refractivity contribution < 1.29 is 9.85 Å². The molecule has 2 aromatic carbocycles. The van der Waals surface area contributed by atoms with Gasteiger partial charge >= 0.3 is 0 Å². The Morgan fingerprint density at radius 2 is 1.50 bits per heavy atom. The first-order valence-corrected chi connectivity index (χ1v) is 5.81. The highest BCUT2D eigenvalue weighted by Crippen LogP contribution is 2.33. The number of anilines is 2. The number of nitro benzene ring substituents is 2. The largest absolute Gasteiger partial charge is 0.344 e. The molecule has 8 heteroatoms. The maximum absolute atomic E-state index is 11.0. The molecule has 1 N–H and O–H groups in total. The number of nitrogens with zero attached hydrogens (tertiary/aromatic N) is 2. The molecule has 0 spiro atoms. The van der Waals surface area contributed by atoms with E-state index in [1.54, 1.807) is 6.07 Å². The SMILES string of the molecule is O=[N+]([O-])c1ccccc1Nc1ccc(Cl)cc1[N+](=O)[O-]. The van der Waals surface area contributed by atoms with Gasteiger partial charge in [-0.05, 0) is 18.2 Å². The Morgan fingerprint density at radius 1 is 0.900 bits per heavy atom. The normalized spacial score (nSPS) is 10.1. The molecule has 0 aliphatic carbocycles. The zero-order valence-electron chi connectivity index (χ0n) is 9.95. The molecule has 0 amide bonds. The minimum Gasteiger partial charge on any atom is -0.344 e. The molecule has 0 heterocycles. The molecule has 0 saturated heterocycles. The number of nitrogens with one attached hydrogen (secondary N) is 1. The monoisotopic (exact) mass is 293 g/mol. The lowest BCUT2D eigenvalue weighted by molar-refractivity contribution is -0.384. The highest BCUT2D eigenvalue weighted by Gasteiger charge is 2.18. The number of nitro groups is 2. The standard InChI is InChI=1S/C12H8ClN3O4/c13-8-5-6-10(12(7-8)16(19)20)14-9-3-1-2-4-11(9)15(17)18/h1-7,14H. The van der Waals surface area contributed by atoms with Crippen molar-refractivity contribution in [2.45, 2.75) is 0 Å². The highest BCUT2D eigenvalue weighted by molar-refractivity contribution is 6.30. The van der Waals surface area contributed by atoms with Gasteiger partial charge < -0.3 is 5.32 Å². The molecule has 102 valence electrons. The summed E-state index contributed by atoms with van der Waals surface area (Å²) in [4.78, 5) is 20.7. The van der Waals surface area contributed by atoms with Crippen LogP contribution in [0.25, 0.3) is 0 Å². The lowest BCUT2D eigenvalue weighted by atomic mass is 10.2. The van der Waals surface area contributed by atoms with Crippen LogP contribution in [-0.4, -0.2) is 9.85 Å². The Kier molecular flexibility index (Phi) is 3.81. The average molecular weight is 294 g/mol. The molecular formula is C12H8ClN3O4. The van der Waals surface area contributed by atoms with Crippen molar-refractivity contribution in [2.24, 2.45) is 0 Å². The van der Waals surface area contributed by atoms with Crippen LogP contribution in [0.1, 0.15) is 0 Å². The van der Waals surface area contributed by atoms with Crippen LogP contribution in [0.15, 0.2) is 42.5 Å². The van der Waals surface area contributed by atoms with E-state index in [9.17, 15) is 20.2 Å². The third kappa shape index (κ3) is 2.83. The fourth-order valence-electron chi connectivity index (χ4n) is 1.65. The molecule has 0 aromatic heterocycles. The molecule has 0 radical (unpaired) electrons. The predicted molar refractivity (Wildman–Crippen MR) is 74.5 cm³/mol. The van der Waals surface area contributed by atoms with Crippen LogP contribution in [0.3, 0.4) is 0 Å². The molecule has 2 rings (SSSR count). The van der Waals surface area contributed by atoms with Gasteiger partial charge in [-0.2, -0.15) is 0 Å². The minimum absolute atomic E-state index is 0.133. The summed E-state index contributed by atoms with van der Waals surface area (Å²) in [6.07, 6.45) is 0. The molecule has 0 atom stereocenters. The smallest absolute Gasteiger partial charge is 0.294 e. The van der Waals surface area contributed by atoms with Crippen molar-refractivity contribution in [3.63, 3.8) is 0 Å². The highest BCUT2D eigenvalue weighted by atomic mass is 35.5. The van der Waals surface area contributed by atoms with E-state index in [1.165, 1.54) is 36.4 Å². The summed E-state index contributed by atoms with van der Waals surface area (Å²) in [5, 5.41) is 24.8. The van der Waals surface area contributed by atoms with Crippen molar-refractivity contribution >= 4 is 34.4 Å². The fourth-order valence-corrected chi connectivity index (χ4v) is 1.81. The van der Waals surface area contributed by atoms with E-state index in [1.807, 2.05) is 0 Å². The van der Waals surface area contributed by atoms with Crippen LogP contribution >= 0.6 is 11.6 Å². The van der Waals surface area contributed by atoms with Gasteiger partial charge in [-0.3, -0.25) is 20.2 Å². The van der Waals surface area contributed by atoms with Crippen LogP contribution in [0.2, 0.25) is 5.02 Å². The second-order valence-electron chi connectivity index (χ2n) is 3.82. The van der Waals surface area contributed by atoms with E-state index in [0.717, 1.165) is 0 Å². The third-order valence-electron chi connectivity index (χ3n) is 2.53. The molecule has 0 unspecified atom stereocenters. The van der Waals surface area contributed by atoms with Crippen LogP contribution in [0.4, 0.5) is 22.7 Å². The Bertz CT molecular complexity index is 690. The maximum Gasteiger partial charge on any atom is 0.294 e. The molecule has 0 aliphatic heterocycles. The maximum atomic E-state index is 11.0. The van der Waals surface area contributed by atoms with Crippen LogP contribution in [0.5, 0.6) is 0 Å². The van der Waals surface area contributed by atoms with E-state index in [-0.39, 0.29) is 27.8 Å². The van der Waals surface area contributed by atoms with Crippen molar-refractivity contribution in [3.05, 3.63) is 67.7 Å². The summed E-state index contributed by atoms with van der Waals surface area (Å²) in [5.74, 6) is 0. The zero-order chi connectivity index (χ0) is 14.7. The van der Waals surface area contributed by atoms with Gasteiger partial charge in [-0.1, -0.05) is 23.7 Å². The fraction of sp³-hybridized carbons (Fsp3) is 0. The van der Waals surface area contributed by atoms with E-state index in [4.69, 9.17) is 11.6 Å². The molecule has 0 aliphatic rings. The van der Waals surface area contributed by atoms with Crippen molar-refractivity contribution in [2.75, 3.05) is 5.32 Å². The number of halogens is 1. The van der Waals surface area contributed by atoms with Crippen molar-refractivity contribution in [1.29, 1.82) is 0 Å². The van der Waals surface area contributed by atoms with Gasteiger partial charge in [0.05, 0.1) is 9.85 Å². The second-order valence-corrected chi connectivity index (χ2v) is 4.25. The van der Waals surface area contributed by atoms with Gasteiger partial charge in [0, 0.05) is 17.2 Å². The summed E-state index contributed by atoms with van der Waals surface area (Å²) in [5.41, 5.74) is -0.121. The lowest BCUT2D eigenvalue weighted by Crippen LogP contribution is -2.00. The van der Waals surface area contributed by atoms with Crippen LogP contribution in [-0.2, 0) is 0 Å². The van der Waals surface area contributed by atoms with E-state index in [2.05, 4.69) is 5.32 Å². The van der Waals surface area contributed by atoms with E-state index >= 15 is 0 Å². The van der Waals surface area contributed by atoms with Crippen LogP contribution in [0, 0.1) is 20.2 Å². The van der Waals surface area contributed by atoms with Crippen molar-refractivity contribution in [1.82, 2.24) is 0 Å². The van der Waals surface area contributed by atoms with Gasteiger partial charge in [0.15, 0.2) is 0 Å². The Hall–Kier alpha value is -2.67. The lowest BCUT2D eigenvalue weighted by Gasteiger charge is -2.07. The number of hydrogen-bond donors (Lipinski definition) is 1. The molecule has 0 fully saturated rings. The molecule has 2 aromatic rings. The quantitative estimate of drug-likeness (QED) is 0.681. The molecule has 0 saturated carbocycles. The average Bonchev–Trinajstić information content (AvgIpc) is 2.41. The van der Waals surface area contributed by atoms with Crippen LogP contribution < -0.4 is 5.32 Å². The number of hydrogen-bond acceptors (Lipinski definition) is 5. The van der Waals surface area contributed by atoms with Gasteiger partial charge in [0.1, 0.15) is 11.4 Å². The Balaban J connectivity index is 2.45. The third-order valence-corrected chi connectivity index (χ3v) is 2.76. The summed E-state index contributed by atoms with van der Waals surface area (Å²) < 4.78 is 0. The summed E-state index contributed by atoms with van der Waals surface area (Å²) in [7, 11) is 0. The Labute approximate surface area is 118 Å². The van der Waals surface area contributed by atoms with Gasteiger partial charge in [-0.25, -0.2) is 0 Å². The first kappa shape index (κ1) is 13.8. The number of para-hydroxylation sites is 2. The topological polar surface area (TPSA) is 98.3 Å². The number of rotatable bonds is 4. The molecular weight excluding hydrogens is 286 g/mol. The zero-order valence-corrected chi connectivity index (χ0v) is 10.7. The van der Waals surface area contributed by atoms with E-state index < -0.39 is 9.85 Å². The summed E-state index contributed by atoms with van der Waals surface area (Å²) >= 11 is 5.71. The predicted octanol–water partition coefficient (Wildman–Crippen LogP) is 3.90.